The number of thioether (sulfide) groups is 1. The van der Waals surface area contributed by atoms with Gasteiger partial charge in [0.25, 0.3) is 0 Å². The van der Waals surface area contributed by atoms with Crippen molar-refractivity contribution >= 4 is 17.7 Å². The lowest BCUT2D eigenvalue weighted by Crippen LogP contribution is -2.11. The summed E-state index contributed by atoms with van der Waals surface area (Å²) in [4.78, 5) is 19.2. The van der Waals surface area contributed by atoms with Crippen molar-refractivity contribution < 1.29 is 14.6 Å². The summed E-state index contributed by atoms with van der Waals surface area (Å²) in [6.07, 6.45) is 2.38. The molecule has 1 unspecified atom stereocenters. The Morgan fingerprint density at radius 1 is 1.69 bits per heavy atom. The molecule has 0 aliphatic rings. The summed E-state index contributed by atoms with van der Waals surface area (Å²) >= 11 is 1.38. The number of aromatic nitrogens is 2. The molecule has 1 aromatic rings. The van der Waals surface area contributed by atoms with Crippen LogP contribution in [0.25, 0.3) is 0 Å². The summed E-state index contributed by atoms with van der Waals surface area (Å²) in [7, 11) is 0. The van der Waals surface area contributed by atoms with Crippen molar-refractivity contribution in [1.82, 2.24) is 9.97 Å². The molecule has 0 amide bonds. The highest BCUT2D eigenvalue weighted by atomic mass is 32.2. The number of carbonyl (C=O) groups is 1. The van der Waals surface area contributed by atoms with Crippen molar-refractivity contribution in [3.05, 3.63) is 18.0 Å². The minimum atomic E-state index is -0.937. The molecule has 0 saturated carbocycles. The second-order valence-corrected chi connectivity index (χ2v) is 3.77. The van der Waals surface area contributed by atoms with E-state index in [0.717, 1.165) is 0 Å². The van der Waals surface area contributed by atoms with Gasteiger partial charge in [-0.1, -0.05) is 11.8 Å². The Bertz CT molecular complexity index is 360. The summed E-state index contributed by atoms with van der Waals surface area (Å²) in [5.41, 5.74) is 0.437. The molecule has 1 aromatic heterocycles. The Hall–Kier alpha value is -1.14. The van der Waals surface area contributed by atoms with Gasteiger partial charge in [0.2, 0.25) is 0 Å². The Morgan fingerprint density at radius 2 is 2.44 bits per heavy atom. The predicted octanol–water partition coefficient (Wildman–Crippen LogP) is 1.19. The van der Waals surface area contributed by atoms with Crippen LogP contribution in [0.15, 0.2) is 17.4 Å². The van der Waals surface area contributed by atoms with Gasteiger partial charge in [-0.25, -0.2) is 9.97 Å². The first-order chi connectivity index (χ1) is 7.67. The molecule has 16 heavy (non-hydrogen) atoms. The molecule has 0 fully saturated rings. The van der Waals surface area contributed by atoms with E-state index < -0.39 is 12.1 Å². The van der Waals surface area contributed by atoms with Crippen LogP contribution in [0.1, 0.15) is 25.1 Å². The van der Waals surface area contributed by atoms with Crippen LogP contribution in [0.4, 0.5) is 0 Å². The van der Waals surface area contributed by atoms with E-state index >= 15 is 0 Å². The lowest BCUT2D eigenvalue weighted by Gasteiger charge is -2.09. The standard InChI is InChI=1S/C10H14N2O3S/c1-3-15-9(14)6-8(13)7-4-5-11-10(12-7)16-2/h4-5,8,13H,3,6H2,1-2H3. The van der Waals surface area contributed by atoms with Crippen molar-refractivity contribution in [2.75, 3.05) is 12.9 Å². The SMILES string of the molecule is CCOC(=O)CC(O)c1ccnc(SC)n1. The minimum absolute atomic E-state index is 0.0846. The first-order valence-corrected chi connectivity index (χ1v) is 6.10. The van der Waals surface area contributed by atoms with Crippen molar-refractivity contribution in [2.24, 2.45) is 0 Å². The van der Waals surface area contributed by atoms with Crippen molar-refractivity contribution in [3.63, 3.8) is 0 Å². The monoisotopic (exact) mass is 242 g/mol. The summed E-state index contributed by atoms with van der Waals surface area (Å²) in [6, 6.07) is 1.59. The first kappa shape index (κ1) is 12.9. The van der Waals surface area contributed by atoms with Gasteiger partial charge in [-0.3, -0.25) is 4.79 Å². The summed E-state index contributed by atoms with van der Waals surface area (Å²) in [5.74, 6) is -0.431. The number of hydrogen-bond acceptors (Lipinski definition) is 6. The molecule has 0 aliphatic heterocycles. The van der Waals surface area contributed by atoms with E-state index in [4.69, 9.17) is 4.74 Å². The molecular weight excluding hydrogens is 228 g/mol. The summed E-state index contributed by atoms with van der Waals surface area (Å²) < 4.78 is 4.74. The second kappa shape index (κ2) is 6.44. The molecule has 0 spiro atoms. The van der Waals surface area contributed by atoms with Gasteiger partial charge in [0.05, 0.1) is 18.7 Å². The third kappa shape index (κ3) is 3.79. The van der Waals surface area contributed by atoms with Crippen LogP contribution in [0.3, 0.4) is 0 Å². The van der Waals surface area contributed by atoms with E-state index in [-0.39, 0.29) is 6.42 Å². The highest BCUT2D eigenvalue weighted by Crippen LogP contribution is 2.17. The van der Waals surface area contributed by atoms with Gasteiger partial charge in [-0.15, -0.1) is 0 Å². The van der Waals surface area contributed by atoms with E-state index in [0.29, 0.717) is 17.5 Å². The largest absolute Gasteiger partial charge is 0.466 e. The third-order valence-corrected chi connectivity index (χ3v) is 2.41. The number of aliphatic hydroxyl groups is 1. The number of nitrogens with zero attached hydrogens (tertiary/aromatic N) is 2. The maximum atomic E-state index is 11.2. The predicted molar refractivity (Wildman–Crippen MR) is 60.0 cm³/mol. The van der Waals surface area contributed by atoms with Crippen molar-refractivity contribution in [3.8, 4) is 0 Å². The van der Waals surface area contributed by atoms with Gasteiger partial charge in [0, 0.05) is 6.20 Å². The molecule has 1 rings (SSSR count). The fourth-order valence-electron chi connectivity index (χ4n) is 1.12. The molecule has 0 aliphatic carbocycles. The topological polar surface area (TPSA) is 72.3 Å². The molecule has 0 saturated heterocycles. The third-order valence-electron chi connectivity index (χ3n) is 1.84. The van der Waals surface area contributed by atoms with Gasteiger partial charge in [0.1, 0.15) is 6.10 Å². The highest BCUT2D eigenvalue weighted by Gasteiger charge is 2.15. The van der Waals surface area contributed by atoms with Crippen LogP contribution in [-0.4, -0.2) is 33.9 Å². The Labute approximate surface area is 98.3 Å². The fraction of sp³-hybridized carbons (Fsp3) is 0.500. The van der Waals surface area contributed by atoms with Gasteiger partial charge in [0.15, 0.2) is 5.16 Å². The van der Waals surface area contributed by atoms with Crippen LogP contribution >= 0.6 is 11.8 Å². The van der Waals surface area contributed by atoms with Gasteiger partial charge in [-0.05, 0) is 19.2 Å². The van der Waals surface area contributed by atoms with Crippen LogP contribution in [0.5, 0.6) is 0 Å². The molecule has 1 N–H and O–H groups in total. The normalized spacial score (nSPS) is 12.2. The number of esters is 1. The van der Waals surface area contributed by atoms with Gasteiger partial charge >= 0.3 is 5.97 Å². The van der Waals surface area contributed by atoms with Crippen LogP contribution in [0, 0.1) is 0 Å². The molecule has 1 atom stereocenters. The van der Waals surface area contributed by atoms with Crippen molar-refractivity contribution in [1.29, 1.82) is 0 Å². The number of rotatable bonds is 5. The average molecular weight is 242 g/mol. The second-order valence-electron chi connectivity index (χ2n) is 2.99. The number of carbonyl (C=O) groups excluding carboxylic acids is 1. The zero-order valence-corrected chi connectivity index (χ0v) is 10.0. The molecule has 0 bridgehead atoms. The zero-order chi connectivity index (χ0) is 12.0. The number of hydrogen-bond donors (Lipinski definition) is 1. The Morgan fingerprint density at radius 3 is 3.06 bits per heavy atom. The smallest absolute Gasteiger partial charge is 0.308 e. The van der Waals surface area contributed by atoms with E-state index in [1.807, 2.05) is 6.26 Å². The molecular formula is C10H14N2O3S. The zero-order valence-electron chi connectivity index (χ0n) is 9.21. The van der Waals surface area contributed by atoms with E-state index in [2.05, 4.69) is 9.97 Å². The maximum absolute atomic E-state index is 11.2. The van der Waals surface area contributed by atoms with Gasteiger partial charge in [-0.2, -0.15) is 0 Å². The molecule has 0 aromatic carbocycles. The van der Waals surface area contributed by atoms with Crippen LogP contribution in [0.2, 0.25) is 0 Å². The van der Waals surface area contributed by atoms with E-state index in [1.165, 1.54) is 11.8 Å². The molecule has 88 valence electrons. The van der Waals surface area contributed by atoms with Crippen LogP contribution in [-0.2, 0) is 9.53 Å². The van der Waals surface area contributed by atoms with Crippen molar-refractivity contribution in [2.45, 2.75) is 24.6 Å². The minimum Gasteiger partial charge on any atom is -0.466 e. The quantitative estimate of drug-likeness (QED) is 0.475. The maximum Gasteiger partial charge on any atom is 0.308 e. The fourth-order valence-corrected chi connectivity index (χ4v) is 1.48. The first-order valence-electron chi connectivity index (χ1n) is 4.88. The summed E-state index contributed by atoms with van der Waals surface area (Å²) in [5, 5.41) is 10.3. The van der Waals surface area contributed by atoms with E-state index in [9.17, 15) is 9.90 Å². The molecule has 1 heterocycles. The lowest BCUT2D eigenvalue weighted by molar-refractivity contribution is -0.145. The average Bonchev–Trinajstić information content (AvgIpc) is 2.29. The lowest BCUT2D eigenvalue weighted by atomic mass is 10.2. The van der Waals surface area contributed by atoms with E-state index in [1.54, 1.807) is 19.2 Å². The molecule has 5 nitrogen and oxygen atoms in total. The number of ether oxygens (including phenoxy) is 1. The van der Waals surface area contributed by atoms with Gasteiger partial charge < -0.3 is 9.84 Å². The number of aliphatic hydroxyl groups excluding tert-OH is 1. The summed E-state index contributed by atoms with van der Waals surface area (Å²) in [6.45, 7) is 2.03. The Kier molecular flexibility index (Phi) is 5.21. The Balaban J connectivity index is 2.64. The highest BCUT2D eigenvalue weighted by molar-refractivity contribution is 7.98. The molecule has 6 heteroatoms. The van der Waals surface area contributed by atoms with Crippen LogP contribution < -0.4 is 0 Å². The molecule has 0 radical (unpaired) electrons.